The van der Waals surface area contributed by atoms with Crippen LogP contribution in [0.5, 0.6) is 5.75 Å². The minimum atomic E-state index is 0.292. The molecule has 0 aliphatic carbocycles. The Morgan fingerprint density at radius 1 is 1.18 bits per heavy atom. The molecule has 0 bridgehead atoms. The molecule has 2 aromatic carbocycles. The SMILES string of the molecule is Cc1cc(C#N)ccc1-c1ccc(O)c(I)c1. The molecule has 0 saturated carbocycles. The van der Waals surface area contributed by atoms with E-state index in [4.69, 9.17) is 5.26 Å². The largest absolute Gasteiger partial charge is 0.507 e. The molecular weight excluding hydrogens is 325 g/mol. The van der Waals surface area contributed by atoms with E-state index in [0.29, 0.717) is 11.3 Å². The predicted molar refractivity (Wildman–Crippen MR) is 75.7 cm³/mol. The van der Waals surface area contributed by atoms with E-state index in [9.17, 15) is 5.11 Å². The van der Waals surface area contributed by atoms with E-state index in [-0.39, 0.29) is 0 Å². The minimum absolute atomic E-state index is 0.292. The number of phenols is 1. The van der Waals surface area contributed by atoms with E-state index < -0.39 is 0 Å². The molecule has 17 heavy (non-hydrogen) atoms. The van der Waals surface area contributed by atoms with Crippen LogP contribution < -0.4 is 0 Å². The molecule has 2 rings (SSSR count). The minimum Gasteiger partial charge on any atom is -0.507 e. The van der Waals surface area contributed by atoms with Crippen LogP contribution in [-0.2, 0) is 0 Å². The molecule has 0 unspecified atom stereocenters. The molecule has 0 amide bonds. The van der Waals surface area contributed by atoms with Crippen molar-refractivity contribution in [2.75, 3.05) is 0 Å². The third-order valence-corrected chi connectivity index (χ3v) is 3.48. The number of halogens is 1. The molecule has 0 aliphatic rings. The summed E-state index contributed by atoms with van der Waals surface area (Å²) in [5.74, 6) is 0.292. The summed E-state index contributed by atoms with van der Waals surface area (Å²) in [5.41, 5.74) is 3.86. The van der Waals surface area contributed by atoms with Crippen LogP contribution in [0, 0.1) is 21.8 Å². The van der Waals surface area contributed by atoms with Crippen LogP contribution >= 0.6 is 22.6 Å². The maximum Gasteiger partial charge on any atom is 0.128 e. The quantitative estimate of drug-likeness (QED) is 0.805. The van der Waals surface area contributed by atoms with Crippen molar-refractivity contribution in [1.29, 1.82) is 5.26 Å². The molecule has 0 spiro atoms. The van der Waals surface area contributed by atoms with E-state index in [1.165, 1.54) is 0 Å². The summed E-state index contributed by atoms with van der Waals surface area (Å²) >= 11 is 2.10. The zero-order valence-electron chi connectivity index (χ0n) is 9.24. The van der Waals surface area contributed by atoms with E-state index in [0.717, 1.165) is 20.3 Å². The van der Waals surface area contributed by atoms with Crippen LogP contribution in [0.25, 0.3) is 11.1 Å². The molecule has 0 saturated heterocycles. The number of phenolic OH excluding ortho intramolecular Hbond substituents is 1. The van der Waals surface area contributed by atoms with Crippen molar-refractivity contribution in [3.05, 3.63) is 51.1 Å². The fourth-order valence-electron chi connectivity index (χ4n) is 1.73. The fraction of sp³-hybridized carbons (Fsp3) is 0.0714. The van der Waals surface area contributed by atoms with Crippen LogP contribution in [0.1, 0.15) is 11.1 Å². The van der Waals surface area contributed by atoms with Crippen LogP contribution in [0.3, 0.4) is 0 Å². The first-order valence-corrected chi connectivity index (χ1v) is 6.19. The summed E-state index contributed by atoms with van der Waals surface area (Å²) < 4.78 is 0.823. The molecule has 0 aromatic heterocycles. The van der Waals surface area contributed by atoms with Gasteiger partial charge in [-0.15, -0.1) is 0 Å². The smallest absolute Gasteiger partial charge is 0.128 e. The third-order valence-electron chi connectivity index (χ3n) is 2.61. The number of nitriles is 1. The van der Waals surface area contributed by atoms with Gasteiger partial charge in [-0.05, 0) is 70.5 Å². The molecule has 0 heterocycles. The summed E-state index contributed by atoms with van der Waals surface area (Å²) in [6.45, 7) is 1.98. The first-order chi connectivity index (χ1) is 8.11. The Hall–Kier alpha value is -1.54. The Labute approximate surface area is 114 Å². The van der Waals surface area contributed by atoms with Crippen molar-refractivity contribution in [3.8, 4) is 22.9 Å². The van der Waals surface area contributed by atoms with Gasteiger partial charge in [-0.1, -0.05) is 12.1 Å². The highest BCUT2D eigenvalue weighted by Gasteiger charge is 2.05. The molecule has 0 radical (unpaired) electrons. The monoisotopic (exact) mass is 335 g/mol. The van der Waals surface area contributed by atoms with Crippen molar-refractivity contribution < 1.29 is 5.11 Å². The van der Waals surface area contributed by atoms with E-state index in [1.54, 1.807) is 6.07 Å². The Morgan fingerprint density at radius 2 is 1.94 bits per heavy atom. The Kier molecular flexibility index (Phi) is 3.34. The van der Waals surface area contributed by atoms with Crippen molar-refractivity contribution in [2.45, 2.75) is 6.92 Å². The zero-order chi connectivity index (χ0) is 12.4. The highest BCUT2D eigenvalue weighted by molar-refractivity contribution is 14.1. The van der Waals surface area contributed by atoms with Gasteiger partial charge in [0.1, 0.15) is 5.75 Å². The second kappa shape index (κ2) is 4.76. The zero-order valence-corrected chi connectivity index (χ0v) is 11.4. The normalized spacial score (nSPS) is 9.94. The topological polar surface area (TPSA) is 44.0 Å². The van der Waals surface area contributed by atoms with Gasteiger partial charge in [0.05, 0.1) is 15.2 Å². The maximum absolute atomic E-state index is 9.49. The number of aryl methyl sites for hydroxylation is 1. The number of aromatic hydroxyl groups is 1. The lowest BCUT2D eigenvalue weighted by Gasteiger charge is -2.07. The van der Waals surface area contributed by atoms with Crippen molar-refractivity contribution in [2.24, 2.45) is 0 Å². The maximum atomic E-state index is 9.49. The molecule has 2 aromatic rings. The summed E-state index contributed by atoms with van der Waals surface area (Å²) in [6, 6.07) is 13.2. The van der Waals surface area contributed by atoms with Gasteiger partial charge in [-0.2, -0.15) is 5.26 Å². The van der Waals surface area contributed by atoms with Gasteiger partial charge in [0, 0.05) is 0 Å². The van der Waals surface area contributed by atoms with Gasteiger partial charge in [-0.25, -0.2) is 0 Å². The van der Waals surface area contributed by atoms with Gasteiger partial charge in [0.2, 0.25) is 0 Å². The molecule has 0 atom stereocenters. The van der Waals surface area contributed by atoms with Crippen LogP contribution in [0.4, 0.5) is 0 Å². The summed E-state index contributed by atoms with van der Waals surface area (Å²) in [4.78, 5) is 0. The Balaban J connectivity index is 2.54. The van der Waals surface area contributed by atoms with Gasteiger partial charge in [-0.3, -0.25) is 0 Å². The van der Waals surface area contributed by atoms with Gasteiger partial charge in [0.15, 0.2) is 0 Å². The molecule has 2 nitrogen and oxygen atoms in total. The highest BCUT2D eigenvalue weighted by Crippen LogP contribution is 2.29. The van der Waals surface area contributed by atoms with Crippen molar-refractivity contribution in [1.82, 2.24) is 0 Å². The average Bonchev–Trinajstić information content (AvgIpc) is 2.32. The van der Waals surface area contributed by atoms with Crippen LogP contribution in [-0.4, -0.2) is 5.11 Å². The van der Waals surface area contributed by atoms with Gasteiger partial charge >= 0.3 is 0 Å². The summed E-state index contributed by atoms with van der Waals surface area (Å²) in [5, 5.41) is 18.3. The van der Waals surface area contributed by atoms with Crippen LogP contribution in [0.2, 0.25) is 0 Å². The summed E-state index contributed by atoms with van der Waals surface area (Å²) in [7, 11) is 0. The lowest BCUT2D eigenvalue weighted by molar-refractivity contribution is 0.471. The average molecular weight is 335 g/mol. The molecule has 3 heteroatoms. The molecular formula is C14H10INO. The number of rotatable bonds is 1. The Morgan fingerprint density at radius 3 is 2.53 bits per heavy atom. The first-order valence-electron chi connectivity index (χ1n) is 5.11. The molecule has 0 aliphatic heterocycles. The van der Waals surface area contributed by atoms with Crippen LogP contribution in [0.15, 0.2) is 36.4 Å². The van der Waals surface area contributed by atoms with E-state index >= 15 is 0 Å². The fourth-order valence-corrected chi connectivity index (χ4v) is 2.25. The lowest BCUT2D eigenvalue weighted by atomic mass is 9.99. The predicted octanol–water partition coefficient (Wildman–Crippen LogP) is 3.84. The van der Waals surface area contributed by atoms with Crippen molar-refractivity contribution >= 4 is 22.6 Å². The second-order valence-electron chi connectivity index (χ2n) is 3.81. The number of nitrogens with zero attached hydrogens (tertiary/aromatic N) is 1. The number of benzene rings is 2. The molecule has 84 valence electrons. The first kappa shape index (κ1) is 11.9. The number of hydrogen-bond acceptors (Lipinski definition) is 2. The lowest BCUT2D eigenvalue weighted by Crippen LogP contribution is -1.86. The third kappa shape index (κ3) is 2.42. The van der Waals surface area contributed by atoms with E-state index in [1.807, 2.05) is 37.3 Å². The molecule has 1 N–H and O–H groups in total. The Bertz CT molecular complexity index is 614. The van der Waals surface area contributed by atoms with Gasteiger partial charge in [0.25, 0.3) is 0 Å². The second-order valence-corrected chi connectivity index (χ2v) is 4.97. The number of hydrogen-bond donors (Lipinski definition) is 1. The highest BCUT2D eigenvalue weighted by atomic mass is 127. The van der Waals surface area contributed by atoms with Gasteiger partial charge < -0.3 is 5.11 Å². The summed E-state index contributed by atoms with van der Waals surface area (Å²) in [6.07, 6.45) is 0. The van der Waals surface area contributed by atoms with E-state index in [2.05, 4.69) is 28.7 Å². The van der Waals surface area contributed by atoms with Crippen molar-refractivity contribution in [3.63, 3.8) is 0 Å². The molecule has 0 fully saturated rings. The standard InChI is InChI=1S/C14H10INO/c1-9-6-10(8-16)2-4-12(9)11-3-5-14(17)13(15)7-11/h2-7,17H,1H3.